The lowest BCUT2D eigenvalue weighted by molar-refractivity contribution is 0.102. The topological polar surface area (TPSA) is 62.2 Å². The molecule has 0 atom stereocenters. The Bertz CT molecular complexity index is 610. The summed E-state index contributed by atoms with van der Waals surface area (Å²) in [4.78, 5) is 16.3. The second-order valence-electron chi connectivity index (χ2n) is 4.35. The number of carbonyl (C=O) groups is 1. The van der Waals surface area contributed by atoms with Gasteiger partial charge in [0.2, 0.25) is 0 Å². The molecular formula is C13H13ClN2O2S. The van der Waals surface area contributed by atoms with E-state index in [1.807, 2.05) is 19.2 Å². The number of thiazole rings is 1. The van der Waals surface area contributed by atoms with Gasteiger partial charge in [0.1, 0.15) is 5.75 Å². The van der Waals surface area contributed by atoms with Gasteiger partial charge in [0, 0.05) is 10.9 Å². The van der Waals surface area contributed by atoms with E-state index in [1.54, 1.807) is 0 Å². The Morgan fingerprint density at radius 2 is 2.21 bits per heavy atom. The second-order valence-corrected chi connectivity index (χ2v) is 5.62. The van der Waals surface area contributed by atoms with Crippen LogP contribution in [0.15, 0.2) is 23.6 Å². The molecule has 0 aliphatic heterocycles. The van der Waals surface area contributed by atoms with Crippen molar-refractivity contribution in [2.24, 2.45) is 0 Å². The van der Waals surface area contributed by atoms with Gasteiger partial charge in [-0.25, -0.2) is 4.98 Å². The van der Waals surface area contributed by atoms with Gasteiger partial charge in [-0.2, -0.15) is 0 Å². The highest BCUT2D eigenvalue weighted by molar-refractivity contribution is 7.14. The van der Waals surface area contributed by atoms with Gasteiger partial charge in [-0.3, -0.25) is 10.1 Å². The number of nitrogens with zero attached hydrogens (tertiary/aromatic N) is 1. The first-order valence-corrected chi connectivity index (χ1v) is 6.98. The van der Waals surface area contributed by atoms with Gasteiger partial charge in [0.15, 0.2) is 5.13 Å². The number of aromatic hydroxyl groups is 1. The molecule has 0 unspecified atom stereocenters. The van der Waals surface area contributed by atoms with Crippen molar-refractivity contribution >= 4 is 34.0 Å². The van der Waals surface area contributed by atoms with E-state index in [4.69, 9.17) is 11.6 Å². The molecule has 2 aromatic rings. The van der Waals surface area contributed by atoms with Crippen molar-refractivity contribution in [1.82, 2.24) is 4.98 Å². The quantitative estimate of drug-likeness (QED) is 0.903. The SMILES string of the molecule is CC(C)c1csc(NC(=O)c2ccc(O)c(Cl)c2)n1. The van der Waals surface area contributed by atoms with Crippen LogP contribution in [0, 0.1) is 0 Å². The van der Waals surface area contributed by atoms with E-state index < -0.39 is 0 Å². The zero-order valence-corrected chi connectivity index (χ0v) is 12.0. The molecule has 1 aromatic carbocycles. The summed E-state index contributed by atoms with van der Waals surface area (Å²) in [6.07, 6.45) is 0. The Labute approximate surface area is 120 Å². The maximum atomic E-state index is 12.0. The van der Waals surface area contributed by atoms with Crippen LogP contribution in [0.4, 0.5) is 5.13 Å². The van der Waals surface area contributed by atoms with Crippen LogP contribution in [0.2, 0.25) is 5.02 Å². The lowest BCUT2D eigenvalue weighted by Gasteiger charge is -2.03. The molecule has 1 aromatic heterocycles. The molecule has 2 N–H and O–H groups in total. The largest absolute Gasteiger partial charge is 0.506 e. The maximum absolute atomic E-state index is 12.0. The third-order valence-corrected chi connectivity index (χ3v) is 3.62. The fraction of sp³-hybridized carbons (Fsp3) is 0.231. The van der Waals surface area contributed by atoms with Crippen LogP contribution in [0.1, 0.15) is 35.8 Å². The Hall–Kier alpha value is -1.59. The summed E-state index contributed by atoms with van der Waals surface area (Å²) >= 11 is 7.15. The molecule has 0 saturated carbocycles. The van der Waals surface area contributed by atoms with E-state index in [9.17, 15) is 9.90 Å². The predicted molar refractivity (Wildman–Crippen MR) is 77.3 cm³/mol. The van der Waals surface area contributed by atoms with Crippen molar-refractivity contribution < 1.29 is 9.90 Å². The van der Waals surface area contributed by atoms with Crippen LogP contribution in [0.25, 0.3) is 0 Å². The van der Waals surface area contributed by atoms with Crippen molar-refractivity contribution in [2.75, 3.05) is 5.32 Å². The molecule has 0 radical (unpaired) electrons. The zero-order chi connectivity index (χ0) is 14.0. The van der Waals surface area contributed by atoms with Crippen molar-refractivity contribution in [1.29, 1.82) is 0 Å². The van der Waals surface area contributed by atoms with Gasteiger partial charge in [0.05, 0.1) is 10.7 Å². The van der Waals surface area contributed by atoms with Crippen LogP contribution in [0.3, 0.4) is 0 Å². The monoisotopic (exact) mass is 296 g/mol. The zero-order valence-electron chi connectivity index (χ0n) is 10.5. The molecule has 0 bridgehead atoms. The summed E-state index contributed by atoms with van der Waals surface area (Å²) in [5.74, 6) is -0.0221. The lowest BCUT2D eigenvalue weighted by atomic mass is 10.2. The molecule has 0 saturated heterocycles. The molecule has 1 amide bonds. The number of hydrogen-bond donors (Lipinski definition) is 2. The molecule has 2 rings (SSSR count). The maximum Gasteiger partial charge on any atom is 0.257 e. The van der Waals surface area contributed by atoms with Gasteiger partial charge >= 0.3 is 0 Å². The molecule has 0 fully saturated rings. The molecule has 100 valence electrons. The normalized spacial score (nSPS) is 10.7. The summed E-state index contributed by atoms with van der Waals surface area (Å²) in [5.41, 5.74) is 1.33. The molecule has 1 heterocycles. The molecule has 0 aliphatic carbocycles. The smallest absolute Gasteiger partial charge is 0.257 e. The fourth-order valence-electron chi connectivity index (χ4n) is 1.43. The first-order valence-electron chi connectivity index (χ1n) is 5.72. The average Bonchev–Trinajstić information content (AvgIpc) is 2.81. The molecule has 6 heteroatoms. The van der Waals surface area contributed by atoms with Crippen molar-refractivity contribution in [3.05, 3.63) is 39.9 Å². The van der Waals surface area contributed by atoms with Crippen LogP contribution in [-0.2, 0) is 0 Å². The first kappa shape index (κ1) is 13.8. The standard InChI is InChI=1S/C13H13ClN2O2S/c1-7(2)10-6-19-13(15-10)16-12(18)8-3-4-11(17)9(14)5-8/h3-7,17H,1-2H3,(H,15,16,18). The van der Waals surface area contributed by atoms with Crippen molar-refractivity contribution in [3.63, 3.8) is 0 Å². The van der Waals surface area contributed by atoms with Crippen LogP contribution >= 0.6 is 22.9 Å². The van der Waals surface area contributed by atoms with Crippen LogP contribution in [-0.4, -0.2) is 16.0 Å². The highest BCUT2D eigenvalue weighted by Crippen LogP contribution is 2.25. The number of benzene rings is 1. The van der Waals surface area contributed by atoms with E-state index >= 15 is 0 Å². The number of anilines is 1. The molecule has 0 aliphatic rings. The van der Waals surface area contributed by atoms with Crippen molar-refractivity contribution in [3.8, 4) is 5.75 Å². The summed E-state index contributed by atoms with van der Waals surface area (Å²) in [5, 5.41) is 14.6. The summed E-state index contributed by atoms with van der Waals surface area (Å²) in [7, 11) is 0. The van der Waals surface area contributed by atoms with Gasteiger partial charge in [-0.05, 0) is 24.1 Å². The third kappa shape index (κ3) is 3.24. The second kappa shape index (κ2) is 5.59. The number of phenolic OH excluding ortho intramolecular Hbond substituents is 1. The van der Waals surface area contributed by atoms with E-state index in [2.05, 4.69) is 10.3 Å². The first-order chi connectivity index (χ1) is 8.97. The number of phenols is 1. The fourth-order valence-corrected chi connectivity index (χ4v) is 2.47. The number of carbonyl (C=O) groups excluding carboxylic acids is 1. The molecule has 0 spiro atoms. The van der Waals surface area contributed by atoms with Gasteiger partial charge in [0.25, 0.3) is 5.91 Å². The van der Waals surface area contributed by atoms with E-state index in [0.29, 0.717) is 16.6 Å². The number of halogens is 1. The minimum atomic E-state index is -0.299. The van der Waals surface area contributed by atoms with E-state index in [0.717, 1.165) is 5.69 Å². The van der Waals surface area contributed by atoms with Crippen LogP contribution < -0.4 is 5.32 Å². The number of nitrogens with one attached hydrogen (secondary N) is 1. The minimum Gasteiger partial charge on any atom is -0.506 e. The lowest BCUT2D eigenvalue weighted by Crippen LogP contribution is -2.11. The Morgan fingerprint density at radius 1 is 1.47 bits per heavy atom. The number of amides is 1. The van der Waals surface area contributed by atoms with Crippen LogP contribution in [0.5, 0.6) is 5.75 Å². The Kier molecular flexibility index (Phi) is 4.07. The van der Waals surface area contributed by atoms with Gasteiger partial charge in [-0.1, -0.05) is 25.4 Å². The highest BCUT2D eigenvalue weighted by atomic mass is 35.5. The van der Waals surface area contributed by atoms with Gasteiger partial charge < -0.3 is 5.11 Å². The molecular weight excluding hydrogens is 284 g/mol. The minimum absolute atomic E-state index is 0.0467. The average molecular weight is 297 g/mol. The Morgan fingerprint density at radius 3 is 2.79 bits per heavy atom. The number of hydrogen-bond acceptors (Lipinski definition) is 4. The van der Waals surface area contributed by atoms with E-state index in [-0.39, 0.29) is 16.7 Å². The Balaban J connectivity index is 2.13. The summed E-state index contributed by atoms with van der Waals surface area (Å²) in [6.45, 7) is 4.08. The number of rotatable bonds is 3. The van der Waals surface area contributed by atoms with Gasteiger partial charge in [-0.15, -0.1) is 11.3 Å². The molecule has 4 nitrogen and oxygen atoms in total. The van der Waals surface area contributed by atoms with Crippen molar-refractivity contribution in [2.45, 2.75) is 19.8 Å². The number of aromatic nitrogens is 1. The third-order valence-electron chi connectivity index (χ3n) is 2.54. The van der Waals surface area contributed by atoms with E-state index in [1.165, 1.54) is 29.5 Å². The summed E-state index contributed by atoms with van der Waals surface area (Å²) < 4.78 is 0. The highest BCUT2D eigenvalue weighted by Gasteiger charge is 2.11. The molecule has 19 heavy (non-hydrogen) atoms. The summed E-state index contributed by atoms with van der Waals surface area (Å²) in [6, 6.07) is 4.31. The predicted octanol–water partition coefficient (Wildman–Crippen LogP) is 3.88.